The number of likely N-dealkylation sites (tertiary alicyclic amines) is 1. The molecule has 7 amide bonds. The lowest BCUT2D eigenvalue weighted by Gasteiger charge is -2.28. The van der Waals surface area contributed by atoms with Crippen LogP contribution in [-0.4, -0.2) is 142 Å². The molecule has 2 aromatic carbocycles. The molecule has 0 bridgehead atoms. The van der Waals surface area contributed by atoms with Gasteiger partial charge in [-0.25, -0.2) is 4.79 Å². The van der Waals surface area contributed by atoms with Crippen LogP contribution in [0.4, 0.5) is 0 Å². The normalized spacial score (nSPS) is 16.0. The maximum Gasteiger partial charge on any atom is 0.326 e. The molecule has 69 heavy (non-hydrogen) atoms. The third-order valence-corrected chi connectivity index (χ3v) is 11.5. The third-order valence-electron chi connectivity index (χ3n) is 11.5. The average molecular weight is 969 g/mol. The van der Waals surface area contributed by atoms with Crippen LogP contribution < -0.4 is 49.1 Å². The first kappa shape index (κ1) is 56.6. The van der Waals surface area contributed by atoms with Gasteiger partial charge in [-0.3, -0.25) is 43.2 Å². The average Bonchev–Trinajstić information content (AvgIpc) is 3.80. The fourth-order valence-corrected chi connectivity index (χ4v) is 7.88. The lowest BCUT2D eigenvalue weighted by atomic mass is 9.97. The van der Waals surface area contributed by atoms with Crippen LogP contribution in [0.1, 0.15) is 103 Å². The quantitative estimate of drug-likeness (QED) is 0.0422. The molecule has 23 heteroatoms. The van der Waals surface area contributed by atoms with E-state index in [9.17, 15) is 63.3 Å². The molecule has 380 valence electrons. The number of carbonyl (C=O) groups is 10. The van der Waals surface area contributed by atoms with E-state index in [0.717, 1.165) is 5.39 Å². The first-order valence-corrected chi connectivity index (χ1v) is 23.2. The van der Waals surface area contributed by atoms with Gasteiger partial charge < -0.3 is 69.3 Å². The van der Waals surface area contributed by atoms with Crippen LogP contribution in [0.15, 0.2) is 42.5 Å². The van der Waals surface area contributed by atoms with Crippen molar-refractivity contribution >= 4 is 70.0 Å². The van der Waals surface area contributed by atoms with Crippen molar-refractivity contribution in [3.05, 3.63) is 48.0 Å². The molecular weight excluding hydrogens is 901 g/mol. The molecule has 1 heterocycles. The molecule has 1 aliphatic rings. The lowest BCUT2D eigenvalue weighted by molar-refractivity contribution is -0.142. The number of nitrogens with one attached hydrogen (secondary N) is 6. The Morgan fingerprint density at radius 3 is 1.88 bits per heavy atom. The Bertz CT molecular complexity index is 2130. The van der Waals surface area contributed by atoms with Gasteiger partial charge in [0.15, 0.2) is 0 Å². The topological polar surface area (TPSA) is 385 Å². The highest BCUT2D eigenvalue weighted by atomic mass is 16.4. The van der Waals surface area contributed by atoms with E-state index >= 15 is 0 Å². The van der Waals surface area contributed by atoms with Gasteiger partial charge in [0.25, 0.3) is 0 Å². The van der Waals surface area contributed by atoms with Crippen molar-refractivity contribution < 1.29 is 63.3 Å². The number of nitrogens with two attached hydrogens (primary N) is 3. The highest BCUT2D eigenvalue weighted by Gasteiger charge is 2.38. The van der Waals surface area contributed by atoms with Crippen molar-refractivity contribution in [1.82, 2.24) is 36.8 Å². The molecule has 0 unspecified atom stereocenters. The Kier molecular flexibility index (Phi) is 23.4. The molecule has 2 aromatic rings. The van der Waals surface area contributed by atoms with Gasteiger partial charge in [-0.2, -0.15) is 0 Å². The third kappa shape index (κ3) is 18.4. The molecule has 23 nitrogen and oxygen atoms in total. The molecule has 0 spiro atoms. The van der Waals surface area contributed by atoms with Crippen LogP contribution >= 0.6 is 0 Å². The monoisotopic (exact) mass is 968 g/mol. The van der Waals surface area contributed by atoms with Gasteiger partial charge in [0.2, 0.25) is 41.4 Å². The summed E-state index contributed by atoms with van der Waals surface area (Å²) in [5.41, 5.74) is 17.6. The molecule has 0 aromatic heterocycles. The number of unbranched alkanes of at least 4 members (excludes halogenated alkanes) is 2. The maximum absolute atomic E-state index is 14.3. The van der Waals surface area contributed by atoms with E-state index in [0.29, 0.717) is 49.6 Å². The van der Waals surface area contributed by atoms with Crippen LogP contribution in [0.5, 0.6) is 0 Å². The number of nitrogens with zero attached hydrogens (tertiary/aromatic N) is 1. The zero-order chi connectivity index (χ0) is 51.2. The van der Waals surface area contributed by atoms with Gasteiger partial charge in [-0.05, 0) is 99.6 Å². The van der Waals surface area contributed by atoms with Crippen molar-refractivity contribution in [1.29, 1.82) is 0 Å². The molecule has 7 atom stereocenters. The van der Waals surface area contributed by atoms with E-state index in [-0.39, 0.29) is 44.7 Å². The van der Waals surface area contributed by atoms with Crippen LogP contribution in [-0.2, 0) is 47.9 Å². The van der Waals surface area contributed by atoms with E-state index in [1.165, 1.54) is 4.90 Å². The molecule has 0 saturated carbocycles. The number of carbonyl (C=O) groups excluding carboxylic acids is 7. The molecule has 3 rings (SSSR count). The minimum absolute atomic E-state index is 0.00419. The fraction of sp³-hybridized carbons (Fsp3) is 0.565. The second kappa shape index (κ2) is 28.6. The van der Waals surface area contributed by atoms with Crippen LogP contribution in [0.25, 0.3) is 10.8 Å². The minimum Gasteiger partial charge on any atom is -0.481 e. The molecule has 15 N–H and O–H groups in total. The molecular formula is C46H68N10O13. The number of carboxylic acid groups (broad SMARTS) is 3. The number of fused-ring (bicyclic) bond motifs is 1. The summed E-state index contributed by atoms with van der Waals surface area (Å²) in [7, 11) is 0. The van der Waals surface area contributed by atoms with Gasteiger partial charge in [0, 0.05) is 13.0 Å². The maximum atomic E-state index is 14.3. The van der Waals surface area contributed by atoms with Crippen molar-refractivity contribution in [2.45, 2.75) is 133 Å². The first-order valence-electron chi connectivity index (χ1n) is 23.2. The van der Waals surface area contributed by atoms with E-state index in [1.54, 1.807) is 30.3 Å². The number of hydrogen-bond acceptors (Lipinski definition) is 13. The Morgan fingerprint density at radius 2 is 1.26 bits per heavy atom. The predicted octanol–water partition coefficient (Wildman–Crippen LogP) is -0.901. The molecule has 1 saturated heterocycles. The van der Waals surface area contributed by atoms with Gasteiger partial charge >= 0.3 is 17.9 Å². The lowest BCUT2D eigenvalue weighted by Crippen LogP contribution is -2.57. The van der Waals surface area contributed by atoms with Gasteiger partial charge in [0.1, 0.15) is 36.3 Å². The van der Waals surface area contributed by atoms with E-state index in [4.69, 9.17) is 17.2 Å². The number of rotatable bonds is 30. The minimum atomic E-state index is -1.78. The predicted molar refractivity (Wildman–Crippen MR) is 250 cm³/mol. The molecule has 1 aliphatic heterocycles. The largest absolute Gasteiger partial charge is 0.481 e. The SMILES string of the molecule is CC(C)C[C@H](N)C(=O)N[C@@H](CCC(=O)O)C(=O)N[C@@H](CC(=O)O)C(=O)NCC(=O)N1CCC[C@H]1C(=O)N[C@@H](CCCCN)C(=O)N[C@H](C(=O)N[C@@H](CCCCN)C(=O)O)c1cccc2ccccc12. The summed E-state index contributed by atoms with van der Waals surface area (Å²) < 4.78 is 0. The fourth-order valence-electron chi connectivity index (χ4n) is 7.88. The zero-order valence-electron chi connectivity index (χ0n) is 39.1. The van der Waals surface area contributed by atoms with Crippen LogP contribution in [0.3, 0.4) is 0 Å². The standard InChI is InChI=1S/C46H68N10O13/c1-26(2)23-30(49)40(62)51-32(18-19-37(58)59)42(64)54-34(24-38(60)61)41(63)50-25-36(57)56-22-10-17-35(56)44(66)52-31(15-5-7-20-47)43(65)55-39(29-14-9-12-27-11-3-4-13-28(27)29)45(67)53-33(46(68)69)16-6-8-21-48/h3-4,9,11-14,26,30-35,39H,5-8,10,15-25,47-49H2,1-2H3,(H,50,63)(H,51,62)(H,52,66)(H,53,67)(H,54,64)(H,55,65)(H,58,59)(H,60,61)(H,68,69)/t30-,31-,32-,33-,34-,35-,39-/m0/s1. The summed E-state index contributed by atoms with van der Waals surface area (Å²) >= 11 is 0. The summed E-state index contributed by atoms with van der Waals surface area (Å²) in [6, 6.07) is 2.77. The zero-order valence-corrected chi connectivity index (χ0v) is 39.1. The van der Waals surface area contributed by atoms with Crippen molar-refractivity contribution in [2.75, 3.05) is 26.2 Å². The highest BCUT2D eigenvalue weighted by Crippen LogP contribution is 2.26. The number of carboxylic acids is 3. The second-order valence-corrected chi connectivity index (χ2v) is 17.4. The molecule has 0 radical (unpaired) electrons. The summed E-state index contributed by atoms with van der Waals surface area (Å²) in [6.07, 6.45) is 0.726. The highest BCUT2D eigenvalue weighted by molar-refractivity contribution is 5.99. The van der Waals surface area contributed by atoms with E-state index in [1.807, 2.05) is 26.0 Å². The number of hydrogen-bond donors (Lipinski definition) is 12. The van der Waals surface area contributed by atoms with Crippen molar-refractivity contribution in [3.63, 3.8) is 0 Å². The Morgan fingerprint density at radius 1 is 0.667 bits per heavy atom. The van der Waals surface area contributed by atoms with Crippen molar-refractivity contribution in [2.24, 2.45) is 23.1 Å². The smallest absolute Gasteiger partial charge is 0.326 e. The Labute approximate surface area is 399 Å². The molecule has 0 aliphatic carbocycles. The summed E-state index contributed by atoms with van der Waals surface area (Å²) in [5.74, 6) is -10.1. The second-order valence-electron chi connectivity index (χ2n) is 17.4. The van der Waals surface area contributed by atoms with Crippen LogP contribution in [0, 0.1) is 5.92 Å². The number of amides is 7. The van der Waals surface area contributed by atoms with Crippen molar-refractivity contribution in [3.8, 4) is 0 Å². The van der Waals surface area contributed by atoms with E-state index < -0.39 is 127 Å². The Hall–Kier alpha value is -6.72. The van der Waals surface area contributed by atoms with Gasteiger partial charge in [-0.1, -0.05) is 56.3 Å². The van der Waals surface area contributed by atoms with Crippen LogP contribution in [0.2, 0.25) is 0 Å². The number of benzene rings is 2. The van der Waals surface area contributed by atoms with E-state index in [2.05, 4.69) is 31.9 Å². The summed E-state index contributed by atoms with van der Waals surface area (Å²) in [6.45, 7) is 3.54. The van der Waals surface area contributed by atoms with Gasteiger partial charge in [-0.15, -0.1) is 0 Å². The summed E-state index contributed by atoms with van der Waals surface area (Å²) in [5, 5.41) is 45.0. The van der Waals surface area contributed by atoms with Gasteiger partial charge in [0.05, 0.1) is 19.0 Å². The first-order chi connectivity index (χ1) is 32.8. The molecule has 1 fully saturated rings. The number of aliphatic carboxylic acids is 3. The summed E-state index contributed by atoms with van der Waals surface area (Å²) in [4.78, 5) is 132. The Balaban J connectivity index is 1.80.